The van der Waals surface area contributed by atoms with Crippen LogP contribution in [0.1, 0.15) is 61.9 Å². The molecule has 39 heavy (non-hydrogen) atoms. The lowest BCUT2D eigenvalue weighted by molar-refractivity contribution is -0.140. The standard InChI is InChI=1S/C30H39NO8/c1-16(2)20-15-21(18(5)12-22(20)35-6)27(32)25-26(31(30(34)28(25)33)10-11-39-17(3)4)19-13-23(36-7)29(38-9)24(14-19)37-8/h12-17,26,32H,10-11H2,1-9H3/b27-25+. The molecule has 0 radical (unpaired) electrons. The Hall–Kier alpha value is -3.72. The number of Topliss-reactive ketones (excluding diaryl/α,β-unsaturated/α-hetero) is 1. The van der Waals surface area contributed by atoms with Gasteiger partial charge in [-0.2, -0.15) is 0 Å². The maximum Gasteiger partial charge on any atom is 0.295 e. The number of hydrogen-bond acceptors (Lipinski definition) is 8. The Morgan fingerprint density at radius 1 is 0.897 bits per heavy atom. The Kier molecular flexibility index (Phi) is 9.50. The molecule has 1 fully saturated rings. The molecule has 212 valence electrons. The Bertz CT molecular complexity index is 1240. The van der Waals surface area contributed by atoms with Crippen LogP contribution in [-0.2, 0) is 14.3 Å². The number of amides is 1. The molecule has 1 N–H and O–H groups in total. The van der Waals surface area contributed by atoms with E-state index < -0.39 is 17.7 Å². The van der Waals surface area contributed by atoms with Crippen molar-refractivity contribution >= 4 is 17.4 Å². The van der Waals surface area contributed by atoms with Crippen molar-refractivity contribution < 1.29 is 38.4 Å². The second-order valence-corrected chi connectivity index (χ2v) is 9.93. The van der Waals surface area contributed by atoms with Gasteiger partial charge in [-0.25, -0.2) is 0 Å². The summed E-state index contributed by atoms with van der Waals surface area (Å²) in [5.74, 6) is 0.102. The Labute approximate surface area is 230 Å². The van der Waals surface area contributed by atoms with Crippen LogP contribution in [0.4, 0.5) is 0 Å². The predicted molar refractivity (Wildman–Crippen MR) is 148 cm³/mol. The summed E-state index contributed by atoms with van der Waals surface area (Å²) in [6.45, 7) is 9.99. The molecule has 2 aromatic carbocycles. The van der Waals surface area contributed by atoms with Crippen molar-refractivity contribution in [2.45, 2.75) is 52.7 Å². The van der Waals surface area contributed by atoms with Crippen molar-refractivity contribution in [2.24, 2.45) is 0 Å². The van der Waals surface area contributed by atoms with Crippen molar-refractivity contribution in [3.05, 3.63) is 52.1 Å². The van der Waals surface area contributed by atoms with Crippen LogP contribution in [0.15, 0.2) is 29.8 Å². The monoisotopic (exact) mass is 541 g/mol. The molecule has 1 aliphatic rings. The molecule has 1 heterocycles. The number of carbonyl (C=O) groups is 2. The zero-order chi connectivity index (χ0) is 29.0. The van der Waals surface area contributed by atoms with Gasteiger partial charge in [-0.05, 0) is 67.6 Å². The molecule has 2 aromatic rings. The van der Waals surface area contributed by atoms with Crippen LogP contribution in [0, 0.1) is 6.92 Å². The zero-order valence-electron chi connectivity index (χ0n) is 24.2. The number of aliphatic hydroxyl groups is 1. The highest BCUT2D eigenvalue weighted by Crippen LogP contribution is 2.46. The summed E-state index contributed by atoms with van der Waals surface area (Å²) >= 11 is 0. The van der Waals surface area contributed by atoms with Gasteiger partial charge in [0, 0.05) is 12.1 Å². The van der Waals surface area contributed by atoms with E-state index in [2.05, 4.69) is 0 Å². The number of methoxy groups -OCH3 is 4. The summed E-state index contributed by atoms with van der Waals surface area (Å²) in [6, 6.07) is 6.09. The number of ether oxygens (including phenoxy) is 5. The van der Waals surface area contributed by atoms with Crippen LogP contribution >= 0.6 is 0 Å². The Morgan fingerprint density at radius 2 is 1.49 bits per heavy atom. The molecular weight excluding hydrogens is 502 g/mol. The van der Waals surface area contributed by atoms with E-state index in [9.17, 15) is 14.7 Å². The number of benzene rings is 2. The first kappa shape index (κ1) is 29.8. The van der Waals surface area contributed by atoms with E-state index in [1.54, 1.807) is 19.2 Å². The van der Waals surface area contributed by atoms with Crippen LogP contribution in [0.5, 0.6) is 23.0 Å². The van der Waals surface area contributed by atoms with E-state index in [-0.39, 0.29) is 36.5 Å². The van der Waals surface area contributed by atoms with Crippen LogP contribution in [-0.4, -0.2) is 69.4 Å². The van der Waals surface area contributed by atoms with Gasteiger partial charge in [-0.3, -0.25) is 9.59 Å². The van der Waals surface area contributed by atoms with Gasteiger partial charge in [0.1, 0.15) is 11.5 Å². The topological polar surface area (TPSA) is 104 Å². The number of aliphatic hydroxyl groups excluding tert-OH is 1. The number of carbonyl (C=O) groups excluding carboxylic acids is 2. The quantitative estimate of drug-likeness (QED) is 0.241. The average Bonchev–Trinajstić information content (AvgIpc) is 3.16. The highest BCUT2D eigenvalue weighted by atomic mass is 16.5. The molecule has 0 spiro atoms. The van der Waals surface area contributed by atoms with E-state index in [1.165, 1.54) is 26.2 Å². The van der Waals surface area contributed by atoms with Crippen LogP contribution in [0.3, 0.4) is 0 Å². The third-order valence-electron chi connectivity index (χ3n) is 6.78. The van der Waals surface area contributed by atoms with Crippen molar-refractivity contribution in [3.63, 3.8) is 0 Å². The van der Waals surface area contributed by atoms with E-state index in [0.717, 1.165) is 5.56 Å². The first-order valence-electron chi connectivity index (χ1n) is 12.9. The number of likely N-dealkylation sites (tertiary alicyclic amines) is 1. The van der Waals surface area contributed by atoms with Gasteiger partial charge in [0.2, 0.25) is 5.75 Å². The molecule has 0 aromatic heterocycles. The van der Waals surface area contributed by atoms with Gasteiger partial charge in [-0.1, -0.05) is 13.8 Å². The van der Waals surface area contributed by atoms with Crippen LogP contribution in [0.25, 0.3) is 5.76 Å². The fourth-order valence-electron chi connectivity index (χ4n) is 4.83. The highest BCUT2D eigenvalue weighted by molar-refractivity contribution is 6.46. The van der Waals surface area contributed by atoms with E-state index in [1.807, 2.05) is 46.8 Å². The molecule has 0 aliphatic carbocycles. The lowest BCUT2D eigenvalue weighted by atomic mass is 9.90. The molecule has 9 nitrogen and oxygen atoms in total. The summed E-state index contributed by atoms with van der Waals surface area (Å²) in [7, 11) is 6.06. The number of ketones is 1. The van der Waals surface area contributed by atoms with E-state index in [0.29, 0.717) is 39.7 Å². The highest BCUT2D eigenvalue weighted by Gasteiger charge is 2.46. The maximum atomic E-state index is 13.5. The molecule has 1 saturated heterocycles. The number of aryl methyl sites for hydroxylation is 1. The minimum atomic E-state index is -0.918. The lowest BCUT2D eigenvalue weighted by Crippen LogP contribution is -2.33. The summed E-state index contributed by atoms with van der Waals surface area (Å²) in [6.07, 6.45) is -0.0575. The molecule has 1 unspecified atom stereocenters. The fraction of sp³-hybridized carbons (Fsp3) is 0.467. The minimum Gasteiger partial charge on any atom is -0.507 e. The normalized spacial score (nSPS) is 16.8. The van der Waals surface area contributed by atoms with E-state index in [4.69, 9.17) is 23.7 Å². The van der Waals surface area contributed by atoms with Crippen molar-refractivity contribution in [3.8, 4) is 23.0 Å². The lowest BCUT2D eigenvalue weighted by Gasteiger charge is -2.27. The number of hydrogen-bond donors (Lipinski definition) is 1. The summed E-state index contributed by atoms with van der Waals surface area (Å²) in [5.41, 5.74) is 2.51. The molecule has 0 bridgehead atoms. The van der Waals surface area contributed by atoms with Crippen molar-refractivity contribution in [2.75, 3.05) is 41.6 Å². The smallest absolute Gasteiger partial charge is 0.295 e. The molecule has 1 atom stereocenters. The van der Waals surface area contributed by atoms with E-state index >= 15 is 0 Å². The number of rotatable bonds is 11. The molecule has 3 rings (SSSR count). The minimum absolute atomic E-state index is 0.0261. The summed E-state index contributed by atoms with van der Waals surface area (Å²) in [4.78, 5) is 28.3. The summed E-state index contributed by atoms with van der Waals surface area (Å²) < 4.78 is 27.8. The average molecular weight is 542 g/mol. The maximum absolute atomic E-state index is 13.5. The molecule has 0 saturated carbocycles. The van der Waals surface area contributed by atoms with Gasteiger partial charge >= 0.3 is 0 Å². The predicted octanol–water partition coefficient (Wildman–Crippen LogP) is 5.00. The first-order valence-corrected chi connectivity index (χ1v) is 12.9. The fourth-order valence-corrected chi connectivity index (χ4v) is 4.83. The molecule has 1 aliphatic heterocycles. The largest absolute Gasteiger partial charge is 0.507 e. The summed E-state index contributed by atoms with van der Waals surface area (Å²) in [5, 5.41) is 11.7. The molecular formula is C30H39NO8. The third-order valence-corrected chi connectivity index (χ3v) is 6.78. The van der Waals surface area contributed by atoms with Gasteiger partial charge in [0.25, 0.3) is 11.7 Å². The van der Waals surface area contributed by atoms with Crippen molar-refractivity contribution in [1.29, 1.82) is 0 Å². The molecule has 1 amide bonds. The van der Waals surface area contributed by atoms with Gasteiger partial charge in [-0.15, -0.1) is 0 Å². The third kappa shape index (κ3) is 5.83. The Balaban J connectivity index is 2.30. The van der Waals surface area contributed by atoms with Gasteiger partial charge in [0.15, 0.2) is 11.5 Å². The molecule has 9 heteroatoms. The van der Waals surface area contributed by atoms with Gasteiger partial charge < -0.3 is 33.7 Å². The SMILES string of the molecule is COc1cc(C)c(/C(O)=C2\C(=O)C(=O)N(CCOC(C)C)C2c2cc(OC)c(OC)c(OC)c2)cc1C(C)C. The van der Waals surface area contributed by atoms with Gasteiger partial charge in [0.05, 0.1) is 52.8 Å². The second-order valence-electron chi connectivity index (χ2n) is 9.93. The zero-order valence-corrected chi connectivity index (χ0v) is 24.2. The Morgan fingerprint density at radius 3 is 1.97 bits per heavy atom. The first-order chi connectivity index (χ1) is 18.5. The number of nitrogens with zero attached hydrogens (tertiary/aromatic N) is 1. The second kappa shape index (κ2) is 12.4. The van der Waals surface area contributed by atoms with Crippen LogP contribution < -0.4 is 18.9 Å². The van der Waals surface area contributed by atoms with Crippen molar-refractivity contribution in [1.82, 2.24) is 4.90 Å². The van der Waals surface area contributed by atoms with Crippen LogP contribution in [0.2, 0.25) is 0 Å².